The number of hydrogen-bond acceptors (Lipinski definition) is 3. The highest BCUT2D eigenvalue weighted by Gasteiger charge is 2.36. The molecule has 1 aromatic heterocycles. The zero-order valence-electron chi connectivity index (χ0n) is 44.0. The summed E-state index contributed by atoms with van der Waals surface area (Å²) in [6, 6.07) is 112. The molecule has 12 aromatic carbocycles. The fourth-order valence-electron chi connectivity index (χ4n) is 11.8. The normalized spacial score (nSPS) is 12.2. The van der Waals surface area contributed by atoms with E-state index in [0.717, 1.165) is 84.3 Å². The third-order valence-electron chi connectivity index (χ3n) is 15.7. The molecule has 0 saturated carbocycles. The summed E-state index contributed by atoms with van der Waals surface area (Å²) in [7, 11) is 0. The van der Waals surface area contributed by atoms with Gasteiger partial charge in [0.2, 0.25) is 0 Å². The molecule has 0 atom stereocenters. The van der Waals surface area contributed by atoms with E-state index in [1.54, 1.807) is 0 Å². The SMILES string of the molecule is CC1(C)c2cc(-c3ccc(N(c4ccccc4)c4ccccc4)cc3)ccc2-n2c3c#cc(-c4ccc(N(c5ccccc5)c5ccccc5)cc4)cc3c3cc(-c4ccc(N(c5ccccc5)c5ccccc5)cc4)cc1c32. The second kappa shape index (κ2) is 19.7. The molecule has 0 radical (unpaired) electrons. The van der Waals surface area contributed by atoms with Crippen LogP contribution in [0.5, 0.6) is 0 Å². The summed E-state index contributed by atoms with van der Waals surface area (Å²) in [5.41, 5.74) is 22.3. The average Bonchev–Trinajstić information content (AvgIpc) is 2.95. The molecule has 13 aromatic rings. The Morgan fingerprint density at radius 1 is 0.291 bits per heavy atom. The van der Waals surface area contributed by atoms with Gasteiger partial charge in [0.1, 0.15) is 5.52 Å². The van der Waals surface area contributed by atoms with Crippen LogP contribution < -0.4 is 14.7 Å². The van der Waals surface area contributed by atoms with E-state index in [1.807, 2.05) is 0 Å². The summed E-state index contributed by atoms with van der Waals surface area (Å²) in [6.45, 7) is 4.79. The highest BCUT2D eigenvalue weighted by Crippen LogP contribution is 2.51. The number of hydrogen-bond donors (Lipinski definition) is 0. The molecule has 0 fully saturated rings. The van der Waals surface area contributed by atoms with Gasteiger partial charge in [0.25, 0.3) is 0 Å². The van der Waals surface area contributed by atoms with E-state index < -0.39 is 0 Å². The summed E-state index contributed by atoms with van der Waals surface area (Å²) >= 11 is 0. The first kappa shape index (κ1) is 47.1. The van der Waals surface area contributed by atoms with Gasteiger partial charge in [0, 0.05) is 72.9 Å². The van der Waals surface area contributed by atoms with Crippen LogP contribution in [0.15, 0.2) is 291 Å². The zero-order chi connectivity index (χ0) is 52.9. The third-order valence-corrected chi connectivity index (χ3v) is 15.7. The van der Waals surface area contributed by atoms with E-state index in [2.05, 4.69) is 336 Å². The molecule has 0 saturated heterocycles. The van der Waals surface area contributed by atoms with Crippen molar-refractivity contribution in [3.8, 4) is 39.1 Å². The Balaban J connectivity index is 0.895. The van der Waals surface area contributed by atoms with Gasteiger partial charge in [-0.2, -0.15) is 0 Å². The van der Waals surface area contributed by atoms with Gasteiger partial charge >= 0.3 is 0 Å². The largest absolute Gasteiger partial charge is 0.311 e. The zero-order valence-corrected chi connectivity index (χ0v) is 44.0. The van der Waals surface area contributed by atoms with Crippen molar-refractivity contribution in [2.45, 2.75) is 19.3 Å². The summed E-state index contributed by atoms with van der Waals surface area (Å²) in [5.74, 6) is 0. The first-order valence-electron chi connectivity index (χ1n) is 27.1. The molecule has 0 aliphatic carbocycles. The molecule has 374 valence electrons. The number of rotatable bonds is 12. The second-order valence-electron chi connectivity index (χ2n) is 20.8. The van der Waals surface area contributed by atoms with E-state index in [-0.39, 0.29) is 5.41 Å². The van der Waals surface area contributed by atoms with Crippen LogP contribution in [-0.2, 0) is 5.41 Å². The Bertz CT molecular complexity index is 4150. The highest BCUT2D eigenvalue weighted by atomic mass is 15.2. The fourth-order valence-corrected chi connectivity index (χ4v) is 11.8. The minimum atomic E-state index is -0.371. The predicted octanol–water partition coefficient (Wildman–Crippen LogP) is 20.4. The van der Waals surface area contributed by atoms with E-state index in [1.165, 1.54) is 38.8 Å². The van der Waals surface area contributed by atoms with Crippen LogP contribution in [-0.4, -0.2) is 4.57 Å². The Morgan fingerprint density at radius 3 is 1.04 bits per heavy atom. The molecular formula is C75H54N4. The van der Waals surface area contributed by atoms with Crippen LogP contribution in [0.25, 0.3) is 60.9 Å². The molecule has 14 rings (SSSR count). The second-order valence-corrected chi connectivity index (χ2v) is 20.8. The van der Waals surface area contributed by atoms with Crippen molar-refractivity contribution >= 4 is 73.0 Å². The van der Waals surface area contributed by atoms with Crippen molar-refractivity contribution in [3.63, 3.8) is 0 Å². The van der Waals surface area contributed by atoms with Crippen molar-refractivity contribution in [1.29, 1.82) is 0 Å². The highest BCUT2D eigenvalue weighted by molar-refractivity contribution is 6.13. The number of aromatic nitrogens is 1. The minimum absolute atomic E-state index is 0.371. The van der Waals surface area contributed by atoms with Gasteiger partial charge in [-0.1, -0.05) is 172 Å². The summed E-state index contributed by atoms with van der Waals surface area (Å²) in [4.78, 5) is 6.93. The molecule has 2 heterocycles. The molecule has 0 unspecified atom stereocenters. The smallest absolute Gasteiger partial charge is 0.105 e. The Morgan fingerprint density at radius 2 is 0.633 bits per heavy atom. The lowest BCUT2D eigenvalue weighted by atomic mass is 9.73. The fraction of sp³-hybridized carbons (Fsp3) is 0.0400. The summed E-state index contributed by atoms with van der Waals surface area (Å²) in [5, 5.41) is 2.34. The van der Waals surface area contributed by atoms with Crippen LogP contribution in [0.2, 0.25) is 0 Å². The Labute approximate surface area is 462 Å². The van der Waals surface area contributed by atoms with Gasteiger partial charge in [-0.25, -0.2) is 0 Å². The number of nitrogens with zero attached hydrogens (tertiary/aromatic N) is 4. The number of benzene rings is 11. The first-order valence-corrected chi connectivity index (χ1v) is 27.1. The molecule has 79 heavy (non-hydrogen) atoms. The monoisotopic (exact) mass is 1010 g/mol. The number of fused-ring (bicyclic) bond motifs is 5. The van der Waals surface area contributed by atoms with Gasteiger partial charge in [-0.3, -0.25) is 0 Å². The van der Waals surface area contributed by atoms with Crippen molar-refractivity contribution in [1.82, 2.24) is 4.57 Å². The topological polar surface area (TPSA) is 14.7 Å². The summed E-state index contributed by atoms with van der Waals surface area (Å²) in [6.07, 6.45) is 0. The van der Waals surface area contributed by atoms with Crippen LogP contribution >= 0.6 is 0 Å². The lowest BCUT2D eigenvalue weighted by Gasteiger charge is -2.35. The average molecular weight is 1010 g/mol. The third kappa shape index (κ3) is 8.46. The summed E-state index contributed by atoms with van der Waals surface area (Å²) < 4.78 is 2.45. The maximum absolute atomic E-state index is 3.76. The molecule has 0 N–H and O–H groups in total. The van der Waals surface area contributed by atoms with E-state index in [9.17, 15) is 0 Å². The quantitative estimate of drug-likeness (QED) is 0.121. The molecule has 4 heteroatoms. The maximum atomic E-state index is 3.76. The molecule has 0 amide bonds. The van der Waals surface area contributed by atoms with E-state index >= 15 is 0 Å². The van der Waals surface area contributed by atoms with Gasteiger partial charge in [0.05, 0.1) is 11.2 Å². The van der Waals surface area contributed by atoms with Crippen LogP contribution in [0.3, 0.4) is 0 Å². The van der Waals surface area contributed by atoms with Crippen LogP contribution in [0.4, 0.5) is 51.2 Å². The standard InChI is InChI=1S/C75H54N4/c1-75(2)70-51-57(54-35-43-66(44-36-54)77(61-25-13-5-14-26-61)62-27-15-6-16-28-62)40-48-73(70)79-72-47-39-56(53-33-41-65(42-34-53)76(59-21-9-3-10-22-59)60-23-11-4-12-24-60)49-68(72)69-50-58(52-71(75)74(69)79)55-37-45-67(46-38-55)78(63-29-17-7-18-30-63)64-31-19-8-20-32-64/h3-38,40-46,48-52H,1-2H3. The predicted molar refractivity (Wildman–Crippen MR) is 331 cm³/mol. The molecule has 1 aliphatic rings. The van der Waals surface area contributed by atoms with Crippen molar-refractivity contribution < 1.29 is 0 Å². The van der Waals surface area contributed by atoms with E-state index in [4.69, 9.17) is 0 Å². The molecule has 1 aliphatic heterocycles. The maximum Gasteiger partial charge on any atom is 0.105 e. The van der Waals surface area contributed by atoms with Gasteiger partial charge in [-0.05, 0) is 185 Å². The van der Waals surface area contributed by atoms with Crippen LogP contribution in [0, 0.1) is 12.1 Å². The van der Waals surface area contributed by atoms with Gasteiger partial charge < -0.3 is 19.3 Å². The lowest BCUT2D eigenvalue weighted by Crippen LogP contribution is -2.26. The Hall–Kier alpha value is -10.3. The van der Waals surface area contributed by atoms with Crippen molar-refractivity contribution in [2.75, 3.05) is 14.7 Å². The first-order chi connectivity index (χ1) is 38.9. The molecule has 0 bridgehead atoms. The molecule has 0 spiro atoms. The Kier molecular flexibility index (Phi) is 11.7. The van der Waals surface area contributed by atoms with Crippen molar-refractivity contribution in [3.05, 3.63) is 314 Å². The molecule has 4 nitrogen and oxygen atoms in total. The van der Waals surface area contributed by atoms with E-state index in [0.29, 0.717) is 0 Å². The lowest BCUT2D eigenvalue weighted by molar-refractivity contribution is 0.630. The minimum Gasteiger partial charge on any atom is -0.311 e. The number of para-hydroxylation sites is 6. The van der Waals surface area contributed by atoms with Crippen LogP contribution in [0.1, 0.15) is 25.0 Å². The molecular weight excluding hydrogens is 957 g/mol. The number of anilines is 9. The van der Waals surface area contributed by atoms with Crippen molar-refractivity contribution in [2.24, 2.45) is 0 Å². The van der Waals surface area contributed by atoms with Gasteiger partial charge in [0.15, 0.2) is 0 Å². The van der Waals surface area contributed by atoms with Gasteiger partial charge in [-0.15, -0.1) is 0 Å².